The molecule has 112 valence electrons. The van der Waals surface area contributed by atoms with Crippen LogP contribution in [-0.4, -0.2) is 16.5 Å². The summed E-state index contributed by atoms with van der Waals surface area (Å²) in [5.41, 5.74) is -0.0817. The molecule has 1 heterocycles. The predicted molar refractivity (Wildman–Crippen MR) is 85.4 cm³/mol. The first kappa shape index (κ1) is 15.6. The zero-order chi connectivity index (χ0) is 14.8. The van der Waals surface area contributed by atoms with E-state index < -0.39 is 0 Å². The fourth-order valence-corrected chi connectivity index (χ4v) is 2.81. The molecular formula is C16H26ClN3. The number of anilines is 1. The first-order valence-electron chi connectivity index (χ1n) is 7.63. The van der Waals surface area contributed by atoms with Gasteiger partial charge in [0.2, 0.25) is 0 Å². The Hall–Kier alpha value is -0.830. The van der Waals surface area contributed by atoms with E-state index in [2.05, 4.69) is 43.0 Å². The maximum Gasteiger partial charge on any atom is 0.137 e. The monoisotopic (exact) mass is 295 g/mol. The summed E-state index contributed by atoms with van der Waals surface area (Å²) >= 11 is 6.11. The highest BCUT2D eigenvalue weighted by Gasteiger charge is 2.20. The number of hydrogen-bond donors (Lipinski definition) is 1. The van der Waals surface area contributed by atoms with Gasteiger partial charge in [-0.15, -0.1) is 0 Å². The van der Waals surface area contributed by atoms with E-state index in [1.165, 1.54) is 25.7 Å². The van der Waals surface area contributed by atoms with Crippen molar-refractivity contribution in [3.8, 4) is 0 Å². The van der Waals surface area contributed by atoms with Gasteiger partial charge in [-0.25, -0.2) is 9.97 Å². The third kappa shape index (κ3) is 4.34. The van der Waals surface area contributed by atoms with Gasteiger partial charge >= 0.3 is 0 Å². The number of hydrogen-bond acceptors (Lipinski definition) is 3. The van der Waals surface area contributed by atoms with Crippen LogP contribution in [0.2, 0.25) is 5.15 Å². The third-order valence-electron chi connectivity index (χ3n) is 4.07. The van der Waals surface area contributed by atoms with Crippen LogP contribution in [0.4, 0.5) is 5.82 Å². The Balaban J connectivity index is 1.97. The lowest BCUT2D eigenvalue weighted by Gasteiger charge is -2.26. The van der Waals surface area contributed by atoms with E-state index in [1.54, 1.807) is 0 Å². The van der Waals surface area contributed by atoms with E-state index in [0.29, 0.717) is 5.15 Å². The molecule has 4 heteroatoms. The van der Waals surface area contributed by atoms with E-state index in [1.807, 2.05) is 6.07 Å². The van der Waals surface area contributed by atoms with Crippen molar-refractivity contribution in [3.05, 3.63) is 17.0 Å². The smallest absolute Gasteiger partial charge is 0.137 e. The zero-order valence-electron chi connectivity index (χ0n) is 13.0. The molecule has 1 N–H and O–H groups in total. The van der Waals surface area contributed by atoms with E-state index in [4.69, 9.17) is 11.6 Å². The van der Waals surface area contributed by atoms with Crippen molar-refractivity contribution in [2.24, 2.45) is 11.8 Å². The van der Waals surface area contributed by atoms with Gasteiger partial charge < -0.3 is 5.32 Å². The molecule has 0 amide bonds. The number of aromatic nitrogens is 2. The Morgan fingerprint density at radius 3 is 2.45 bits per heavy atom. The predicted octanol–water partition coefficient (Wildman–Crippen LogP) is 4.67. The maximum absolute atomic E-state index is 6.11. The van der Waals surface area contributed by atoms with Crippen LogP contribution in [0.5, 0.6) is 0 Å². The molecule has 0 aliphatic heterocycles. The van der Waals surface area contributed by atoms with Crippen molar-refractivity contribution in [1.82, 2.24) is 9.97 Å². The topological polar surface area (TPSA) is 37.8 Å². The standard InChI is InChI=1S/C16H26ClN3/c1-11-5-7-12(8-6-11)10-18-14-9-13(17)19-15(20-14)16(2,3)4/h9,11-12H,5-8,10H2,1-4H3,(H,18,19,20). The van der Waals surface area contributed by atoms with Gasteiger partial charge in [-0.3, -0.25) is 0 Å². The van der Waals surface area contributed by atoms with Crippen molar-refractivity contribution < 1.29 is 0 Å². The molecule has 0 radical (unpaired) electrons. The van der Waals surface area contributed by atoms with Crippen molar-refractivity contribution >= 4 is 17.4 Å². The van der Waals surface area contributed by atoms with Crippen LogP contribution >= 0.6 is 11.6 Å². The van der Waals surface area contributed by atoms with Crippen molar-refractivity contribution in [2.45, 2.75) is 58.8 Å². The summed E-state index contributed by atoms with van der Waals surface area (Å²) in [6.07, 6.45) is 5.34. The quantitative estimate of drug-likeness (QED) is 0.824. The molecule has 1 fully saturated rings. The second kappa shape index (κ2) is 6.30. The van der Waals surface area contributed by atoms with Crippen molar-refractivity contribution in [2.75, 3.05) is 11.9 Å². The Bertz CT molecular complexity index is 446. The summed E-state index contributed by atoms with van der Waals surface area (Å²) in [6, 6.07) is 1.82. The number of nitrogens with zero attached hydrogens (tertiary/aromatic N) is 2. The molecule has 0 bridgehead atoms. The number of nitrogens with one attached hydrogen (secondary N) is 1. The zero-order valence-corrected chi connectivity index (χ0v) is 13.8. The Morgan fingerprint density at radius 2 is 1.85 bits per heavy atom. The van der Waals surface area contributed by atoms with Crippen LogP contribution in [0.3, 0.4) is 0 Å². The van der Waals surface area contributed by atoms with Crippen LogP contribution in [0, 0.1) is 11.8 Å². The molecule has 0 spiro atoms. The highest BCUT2D eigenvalue weighted by atomic mass is 35.5. The van der Waals surface area contributed by atoms with Gasteiger partial charge in [0.1, 0.15) is 16.8 Å². The molecule has 0 atom stereocenters. The van der Waals surface area contributed by atoms with E-state index in [9.17, 15) is 0 Å². The fraction of sp³-hybridized carbons (Fsp3) is 0.750. The molecule has 3 nitrogen and oxygen atoms in total. The normalized spacial score (nSPS) is 23.6. The van der Waals surface area contributed by atoms with Crippen LogP contribution in [-0.2, 0) is 5.41 Å². The van der Waals surface area contributed by atoms with Gasteiger partial charge in [0, 0.05) is 18.0 Å². The highest BCUT2D eigenvalue weighted by molar-refractivity contribution is 6.29. The Labute approximate surface area is 127 Å². The molecule has 0 unspecified atom stereocenters. The van der Waals surface area contributed by atoms with Gasteiger partial charge in [0.15, 0.2) is 0 Å². The summed E-state index contributed by atoms with van der Waals surface area (Å²) in [5, 5.41) is 3.97. The molecule has 1 aromatic heterocycles. The van der Waals surface area contributed by atoms with Gasteiger partial charge in [-0.05, 0) is 24.7 Å². The molecule has 1 saturated carbocycles. The molecular weight excluding hydrogens is 270 g/mol. The van der Waals surface area contributed by atoms with Gasteiger partial charge in [-0.1, -0.05) is 52.1 Å². The van der Waals surface area contributed by atoms with E-state index in [-0.39, 0.29) is 5.41 Å². The minimum atomic E-state index is -0.0817. The first-order chi connectivity index (χ1) is 9.34. The van der Waals surface area contributed by atoms with Gasteiger partial charge in [0.25, 0.3) is 0 Å². The Morgan fingerprint density at radius 1 is 1.20 bits per heavy atom. The molecule has 1 aliphatic rings. The largest absolute Gasteiger partial charge is 0.370 e. The number of rotatable bonds is 3. The first-order valence-corrected chi connectivity index (χ1v) is 8.01. The minimum Gasteiger partial charge on any atom is -0.370 e. The summed E-state index contributed by atoms with van der Waals surface area (Å²) in [4.78, 5) is 8.92. The second-order valence-corrected chi connectivity index (χ2v) is 7.54. The minimum absolute atomic E-state index is 0.0817. The van der Waals surface area contributed by atoms with Gasteiger partial charge in [0.05, 0.1) is 0 Å². The SMILES string of the molecule is CC1CCC(CNc2cc(Cl)nc(C(C)(C)C)n2)CC1. The van der Waals surface area contributed by atoms with Crippen LogP contribution in [0.25, 0.3) is 0 Å². The van der Waals surface area contributed by atoms with Crippen molar-refractivity contribution in [3.63, 3.8) is 0 Å². The number of halogens is 1. The summed E-state index contributed by atoms with van der Waals surface area (Å²) in [6.45, 7) is 9.65. The average Bonchev–Trinajstić information content (AvgIpc) is 2.36. The second-order valence-electron chi connectivity index (χ2n) is 7.16. The summed E-state index contributed by atoms with van der Waals surface area (Å²) < 4.78 is 0. The molecule has 1 aromatic rings. The van der Waals surface area contributed by atoms with Crippen LogP contribution < -0.4 is 5.32 Å². The third-order valence-corrected chi connectivity index (χ3v) is 4.27. The summed E-state index contributed by atoms with van der Waals surface area (Å²) in [5.74, 6) is 3.31. The highest BCUT2D eigenvalue weighted by Crippen LogP contribution is 2.28. The fourth-order valence-electron chi connectivity index (χ4n) is 2.63. The van der Waals surface area contributed by atoms with E-state index >= 15 is 0 Å². The molecule has 2 rings (SSSR count). The van der Waals surface area contributed by atoms with Gasteiger partial charge in [-0.2, -0.15) is 0 Å². The molecule has 0 aromatic carbocycles. The average molecular weight is 296 g/mol. The lowest BCUT2D eigenvalue weighted by atomic mass is 9.83. The molecule has 20 heavy (non-hydrogen) atoms. The van der Waals surface area contributed by atoms with Crippen molar-refractivity contribution in [1.29, 1.82) is 0 Å². The molecule has 0 saturated heterocycles. The lowest BCUT2D eigenvalue weighted by molar-refractivity contribution is 0.300. The summed E-state index contributed by atoms with van der Waals surface area (Å²) in [7, 11) is 0. The van der Waals surface area contributed by atoms with Crippen LogP contribution in [0.1, 0.15) is 59.2 Å². The molecule has 1 aliphatic carbocycles. The van der Waals surface area contributed by atoms with Crippen LogP contribution in [0.15, 0.2) is 6.07 Å². The lowest BCUT2D eigenvalue weighted by Crippen LogP contribution is -2.22. The Kier molecular flexibility index (Phi) is 4.90. The maximum atomic E-state index is 6.11. The van der Waals surface area contributed by atoms with E-state index in [0.717, 1.165) is 30.0 Å².